The van der Waals surface area contributed by atoms with Gasteiger partial charge in [0, 0.05) is 22.2 Å². The van der Waals surface area contributed by atoms with Crippen LogP contribution >= 0.6 is 0 Å². The lowest BCUT2D eigenvalue weighted by atomic mass is 9.52. The van der Waals surface area contributed by atoms with Crippen molar-refractivity contribution in [1.82, 2.24) is 10.6 Å². The minimum atomic E-state index is -1.07. The lowest BCUT2D eigenvalue weighted by Crippen LogP contribution is -2.67. The minimum Gasteiger partial charge on any atom is -0.481 e. The molecule has 1 aromatic rings. The molecular weight excluding hydrogens is 428 g/mol. The zero-order chi connectivity index (χ0) is 25.7. The average molecular weight is 473 g/mol. The van der Waals surface area contributed by atoms with Crippen molar-refractivity contribution in [2.24, 2.45) is 11.8 Å². The molecule has 0 radical (unpaired) electrons. The fourth-order valence-electron chi connectivity index (χ4n) is 7.64. The van der Waals surface area contributed by atoms with Crippen LogP contribution in [-0.2, 0) is 21.4 Å². The fourth-order valence-corrected chi connectivity index (χ4v) is 7.64. The largest absolute Gasteiger partial charge is 0.481 e. The molecule has 0 saturated carbocycles. The summed E-state index contributed by atoms with van der Waals surface area (Å²) in [6, 6.07) is 7.37. The van der Waals surface area contributed by atoms with Gasteiger partial charge in [-0.15, -0.1) is 0 Å². The van der Waals surface area contributed by atoms with E-state index in [1.807, 2.05) is 12.1 Å². The normalized spacial score (nSPS) is 24.5. The molecule has 6 nitrogen and oxygen atoms in total. The van der Waals surface area contributed by atoms with Crippen LogP contribution in [0.15, 0.2) is 24.3 Å². The summed E-state index contributed by atoms with van der Waals surface area (Å²) in [6.07, 6.45) is 2.95. The van der Waals surface area contributed by atoms with Crippen molar-refractivity contribution in [2.45, 2.75) is 115 Å². The van der Waals surface area contributed by atoms with Gasteiger partial charge in [-0.2, -0.15) is 0 Å². The van der Waals surface area contributed by atoms with Gasteiger partial charge in [0.25, 0.3) is 0 Å². The third kappa shape index (κ3) is 5.49. The summed E-state index contributed by atoms with van der Waals surface area (Å²) >= 11 is 0. The van der Waals surface area contributed by atoms with Crippen molar-refractivity contribution in [3.8, 4) is 0 Å². The summed E-state index contributed by atoms with van der Waals surface area (Å²) < 4.78 is 0. The van der Waals surface area contributed by atoms with Crippen LogP contribution in [0.1, 0.15) is 92.2 Å². The Bertz CT molecular complexity index is 860. The summed E-state index contributed by atoms with van der Waals surface area (Å²) in [6.45, 7) is 17.3. The Morgan fingerprint density at radius 3 is 1.41 bits per heavy atom. The van der Waals surface area contributed by atoms with Crippen molar-refractivity contribution in [3.05, 3.63) is 35.4 Å². The van der Waals surface area contributed by atoms with Gasteiger partial charge in [-0.05, 0) is 104 Å². The number of carbonyl (C=O) groups is 2. The second-order valence-corrected chi connectivity index (χ2v) is 13.4. The van der Waals surface area contributed by atoms with Gasteiger partial charge in [-0.3, -0.25) is 9.59 Å². The molecule has 0 unspecified atom stereocenters. The molecule has 6 heteroatoms. The van der Waals surface area contributed by atoms with Gasteiger partial charge in [0.15, 0.2) is 0 Å². The number of carboxylic acid groups (broad SMARTS) is 2. The van der Waals surface area contributed by atoms with Gasteiger partial charge < -0.3 is 20.8 Å². The van der Waals surface area contributed by atoms with Gasteiger partial charge in [0.2, 0.25) is 0 Å². The Morgan fingerprint density at radius 2 is 1.12 bits per heavy atom. The highest BCUT2D eigenvalue weighted by Crippen LogP contribution is 2.54. The molecule has 0 aliphatic carbocycles. The number of piperidine rings is 2. The van der Waals surface area contributed by atoms with Gasteiger partial charge in [0.05, 0.1) is 11.8 Å². The van der Waals surface area contributed by atoms with E-state index in [9.17, 15) is 19.8 Å². The smallest absolute Gasteiger partial charge is 0.314 e. The Hall–Kier alpha value is -1.92. The van der Waals surface area contributed by atoms with Crippen LogP contribution in [0.2, 0.25) is 0 Å². The van der Waals surface area contributed by atoms with E-state index >= 15 is 0 Å². The van der Waals surface area contributed by atoms with Crippen molar-refractivity contribution in [3.63, 3.8) is 0 Å². The number of aliphatic carboxylic acids is 2. The van der Waals surface area contributed by atoms with Crippen LogP contribution in [0, 0.1) is 11.8 Å². The van der Waals surface area contributed by atoms with Crippen molar-refractivity contribution < 1.29 is 19.8 Å². The van der Waals surface area contributed by atoms with E-state index in [0.29, 0.717) is 5.56 Å². The molecule has 190 valence electrons. The molecule has 0 amide bonds. The summed E-state index contributed by atoms with van der Waals surface area (Å²) in [5.74, 6) is -1.80. The topological polar surface area (TPSA) is 98.7 Å². The maximum Gasteiger partial charge on any atom is 0.314 e. The summed E-state index contributed by atoms with van der Waals surface area (Å²) in [7, 11) is 0. The molecule has 0 atom stereocenters. The molecule has 2 aliphatic rings. The zero-order valence-electron chi connectivity index (χ0n) is 22.2. The molecule has 4 N–H and O–H groups in total. The predicted octanol–water partition coefficient (Wildman–Crippen LogP) is 4.75. The SMILES string of the molecule is CC1(C)CC(C(C(=O)O)(c2ccc(CC(=O)O)cc2)C2CC(C)(C)NC(C)(C)C2)CC(C)(C)N1. The number of hydrogen-bond donors (Lipinski definition) is 4. The first-order valence-corrected chi connectivity index (χ1v) is 12.5. The number of rotatable bonds is 6. The molecule has 1 aromatic carbocycles. The number of nitrogens with one attached hydrogen (secondary N) is 2. The molecular formula is C28H44N2O4. The van der Waals surface area contributed by atoms with Gasteiger partial charge in [-0.25, -0.2) is 0 Å². The van der Waals surface area contributed by atoms with E-state index in [2.05, 4.69) is 66.0 Å². The first-order valence-electron chi connectivity index (χ1n) is 12.5. The quantitative estimate of drug-likeness (QED) is 0.477. The van der Waals surface area contributed by atoms with Crippen LogP contribution in [0.5, 0.6) is 0 Å². The molecule has 2 fully saturated rings. The van der Waals surface area contributed by atoms with Gasteiger partial charge in [0.1, 0.15) is 0 Å². The van der Waals surface area contributed by atoms with E-state index < -0.39 is 17.4 Å². The molecule has 2 aliphatic heterocycles. The lowest BCUT2D eigenvalue weighted by Gasteiger charge is -2.57. The highest BCUT2D eigenvalue weighted by atomic mass is 16.4. The van der Waals surface area contributed by atoms with Crippen molar-refractivity contribution in [1.29, 1.82) is 0 Å². The Morgan fingerprint density at radius 1 is 0.765 bits per heavy atom. The minimum absolute atomic E-state index is 0.0683. The maximum atomic E-state index is 13.6. The molecule has 0 aromatic heterocycles. The average Bonchev–Trinajstić information content (AvgIpc) is 2.57. The highest BCUT2D eigenvalue weighted by molar-refractivity contribution is 5.83. The molecule has 3 rings (SSSR count). The van der Waals surface area contributed by atoms with E-state index in [0.717, 1.165) is 31.2 Å². The van der Waals surface area contributed by atoms with Gasteiger partial charge in [-0.1, -0.05) is 24.3 Å². The number of benzene rings is 1. The predicted molar refractivity (Wildman–Crippen MR) is 135 cm³/mol. The maximum absolute atomic E-state index is 13.6. The molecule has 34 heavy (non-hydrogen) atoms. The molecule has 2 saturated heterocycles. The Balaban J connectivity index is 2.22. The van der Waals surface area contributed by atoms with E-state index in [1.165, 1.54) is 0 Å². The van der Waals surface area contributed by atoms with Crippen LogP contribution in [-0.4, -0.2) is 44.3 Å². The summed E-state index contributed by atoms with van der Waals surface area (Å²) in [5, 5.41) is 27.8. The molecule has 2 heterocycles. The van der Waals surface area contributed by atoms with Crippen molar-refractivity contribution >= 4 is 11.9 Å². The zero-order valence-corrected chi connectivity index (χ0v) is 22.2. The van der Waals surface area contributed by atoms with Crippen LogP contribution in [0.25, 0.3) is 0 Å². The van der Waals surface area contributed by atoms with E-state index in [1.54, 1.807) is 12.1 Å². The second kappa shape index (κ2) is 8.63. The van der Waals surface area contributed by atoms with E-state index in [4.69, 9.17) is 0 Å². The van der Waals surface area contributed by atoms with Crippen LogP contribution in [0.4, 0.5) is 0 Å². The van der Waals surface area contributed by atoms with Gasteiger partial charge >= 0.3 is 11.9 Å². The third-order valence-electron chi connectivity index (χ3n) is 7.81. The fraction of sp³-hybridized carbons (Fsp3) is 0.714. The number of carboxylic acids is 2. The van der Waals surface area contributed by atoms with Crippen molar-refractivity contribution in [2.75, 3.05) is 0 Å². The summed E-state index contributed by atoms with van der Waals surface area (Å²) in [4.78, 5) is 24.8. The summed E-state index contributed by atoms with van der Waals surface area (Å²) in [5.41, 5.74) is -0.390. The molecule has 0 bridgehead atoms. The highest BCUT2D eigenvalue weighted by Gasteiger charge is 2.59. The van der Waals surface area contributed by atoms with Crippen LogP contribution in [0.3, 0.4) is 0 Å². The Labute approximate surface area is 204 Å². The first-order chi connectivity index (χ1) is 15.4. The molecule has 0 spiro atoms. The van der Waals surface area contributed by atoms with Crippen LogP contribution < -0.4 is 10.6 Å². The lowest BCUT2D eigenvalue weighted by molar-refractivity contribution is -0.154. The third-order valence-corrected chi connectivity index (χ3v) is 7.81. The van der Waals surface area contributed by atoms with E-state index in [-0.39, 0.29) is 40.4 Å². The standard InChI is InChI=1S/C28H44N2O4/c1-24(2)14-20(15-25(3,4)29-24)28(23(33)34,19-11-9-18(10-12-19)13-22(31)32)21-16-26(5,6)30-27(7,8)17-21/h9-12,20-21,29-30H,13-17H2,1-8H3,(H,31,32)(H,33,34). The number of hydrogen-bond acceptors (Lipinski definition) is 4. The first kappa shape index (κ1) is 26.7. The second-order valence-electron chi connectivity index (χ2n) is 13.4. The monoisotopic (exact) mass is 472 g/mol. The Kier molecular flexibility index (Phi) is 6.77.